The van der Waals surface area contributed by atoms with Gasteiger partial charge in [0.1, 0.15) is 6.04 Å². The summed E-state index contributed by atoms with van der Waals surface area (Å²) in [5, 5.41) is 2.63. The number of urea groups is 1. The minimum absolute atomic E-state index is 0.0810. The molecular formula is C24H28N4O3. The second-order valence-corrected chi connectivity index (χ2v) is 8.28. The zero-order chi connectivity index (χ0) is 22.0. The van der Waals surface area contributed by atoms with Crippen molar-refractivity contribution in [1.82, 2.24) is 20.1 Å². The van der Waals surface area contributed by atoms with Crippen LogP contribution >= 0.6 is 0 Å². The van der Waals surface area contributed by atoms with Crippen LogP contribution in [0.1, 0.15) is 42.1 Å². The van der Waals surface area contributed by atoms with Crippen LogP contribution in [0.25, 0.3) is 0 Å². The number of likely N-dealkylation sites (tertiary alicyclic amines) is 2. The van der Waals surface area contributed by atoms with E-state index in [0.717, 1.165) is 36.1 Å². The Kier molecular flexibility index (Phi) is 6.02. The lowest BCUT2D eigenvalue weighted by Gasteiger charge is -2.48. The lowest BCUT2D eigenvalue weighted by Crippen LogP contribution is -2.70. The number of carbonyl (C=O) groups is 3. The van der Waals surface area contributed by atoms with Crippen LogP contribution in [0.4, 0.5) is 4.79 Å². The number of benzene rings is 1. The van der Waals surface area contributed by atoms with E-state index in [1.165, 1.54) is 11.9 Å². The smallest absolute Gasteiger partial charge is 0.328 e. The largest absolute Gasteiger partial charge is 0.357 e. The molecule has 0 bridgehead atoms. The zero-order valence-corrected chi connectivity index (χ0v) is 18.0. The van der Waals surface area contributed by atoms with E-state index < -0.39 is 12.0 Å². The fraction of sp³-hybridized carbons (Fsp3) is 0.417. The van der Waals surface area contributed by atoms with E-state index in [1.807, 2.05) is 49.4 Å². The number of imide groups is 1. The number of piperidine rings is 1. The van der Waals surface area contributed by atoms with Gasteiger partial charge in [0.15, 0.2) is 0 Å². The predicted octanol–water partition coefficient (Wildman–Crippen LogP) is 2.85. The molecule has 0 spiro atoms. The monoisotopic (exact) mass is 420 g/mol. The number of amides is 4. The van der Waals surface area contributed by atoms with E-state index >= 15 is 0 Å². The fourth-order valence-corrected chi connectivity index (χ4v) is 4.71. The number of rotatable bonds is 4. The summed E-state index contributed by atoms with van der Waals surface area (Å²) in [4.78, 5) is 46.4. The first kappa shape index (κ1) is 21.0. The lowest BCUT2D eigenvalue weighted by molar-refractivity contribution is -0.158. The molecule has 31 heavy (non-hydrogen) atoms. The molecule has 2 aromatic rings. The summed E-state index contributed by atoms with van der Waals surface area (Å²) < 4.78 is 0. The van der Waals surface area contributed by atoms with Gasteiger partial charge in [-0.05, 0) is 55.9 Å². The summed E-state index contributed by atoms with van der Waals surface area (Å²) in [6, 6.07) is 12.4. The van der Waals surface area contributed by atoms with Crippen molar-refractivity contribution in [3.8, 4) is 0 Å². The Labute approximate surface area is 182 Å². The molecule has 1 unspecified atom stereocenters. The summed E-state index contributed by atoms with van der Waals surface area (Å²) in [6.07, 6.45) is 4.87. The molecule has 4 rings (SSSR count). The molecule has 1 N–H and O–H groups in total. The summed E-state index contributed by atoms with van der Waals surface area (Å²) >= 11 is 0. The molecule has 0 saturated carbocycles. The van der Waals surface area contributed by atoms with Gasteiger partial charge in [0.2, 0.25) is 11.8 Å². The average molecular weight is 421 g/mol. The van der Waals surface area contributed by atoms with Crippen LogP contribution in [-0.2, 0) is 16.0 Å². The lowest BCUT2D eigenvalue weighted by atomic mass is 9.81. The van der Waals surface area contributed by atoms with Crippen LogP contribution in [-0.4, -0.2) is 52.3 Å². The summed E-state index contributed by atoms with van der Waals surface area (Å²) in [5.41, 5.74) is 2.85. The van der Waals surface area contributed by atoms with Crippen molar-refractivity contribution in [1.29, 1.82) is 0 Å². The van der Waals surface area contributed by atoms with Crippen molar-refractivity contribution in [2.75, 3.05) is 13.6 Å². The molecule has 162 valence electrons. The molecule has 2 saturated heterocycles. The third-order valence-corrected chi connectivity index (χ3v) is 6.28. The van der Waals surface area contributed by atoms with Gasteiger partial charge in [-0.25, -0.2) is 4.79 Å². The molecule has 7 heteroatoms. The van der Waals surface area contributed by atoms with Crippen molar-refractivity contribution in [3.63, 3.8) is 0 Å². The average Bonchev–Trinajstić information content (AvgIpc) is 2.80. The second kappa shape index (κ2) is 8.88. The number of hydrogen-bond acceptors (Lipinski definition) is 4. The van der Waals surface area contributed by atoms with Gasteiger partial charge in [0.25, 0.3) is 0 Å². The van der Waals surface area contributed by atoms with Crippen molar-refractivity contribution in [2.45, 2.75) is 44.7 Å². The quantitative estimate of drug-likeness (QED) is 0.771. The Balaban J connectivity index is 1.57. The Morgan fingerprint density at radius 1 is 1.16 bits per heavy atom. The highest BCUT2D eigenvalue weighted by Gasteiger charge is 2.55. The number of aryl methyl sites for hydroxylation is 1. The van der Waals surface area contributed by atoms with E-state index in [0.29, 0.717) is 13.0 Å². The normalized spacial score (nSPS) is 23.3. The Morgan fingerprint density at radius 2 is 1.94 bits per heavy atom. The van der Waals surface area contributed by atoms with Gasteiger partial charge in [-0.1, -0.05) is 30.3 Å². The highest BCUT2D eigenvalue weighted by atomic mass is 16.2. The molecule has 4 amide bonds. The standard InChI is InChI=1S/C24H28N4O3/c1-16-14-17(11-12-26-16)15-19-21(22(29)25-2)28(23(19)30)24(31)27-13-7-6-10-20(27)18-8-4-3-5-9-18/h3-5,8-9,11-12,14,19-21H,6-7,10,13,15H2,1-2H3,(H,25,29)/t19-,20?,21+/m1/s1. The Morgan fingerprint density at radius 3 is 2.65 bits per heavy atom. The first-order valence-electron chi connectivity index (χ1n) is 10.8. The second-order valence-electron chi connectivity index (χ2n) is 8.28. The highest BCUT2D eigenvalue weighted by molar-refractivity contribution is 6.09. The van der Waals surface area contributed by atoms with Crippen molar-refractivity contribution < 1.29 is 14.4 Å². The van der Waals surface area contributed by atoms with E-state index in [1.54, 1.807) is 11.1 Å². The molecule has 1 aromatic carbocycles. The van der Waals surface area contributed by atoms with Crippen molar-refractivity contribution >= 4 is 17.8 Å². The fourth-order valence-electron chi connectivity index (χ4n) is 4.71. The van der Waals surface area contributed by atoms with Crippen molar-refractivity contribution in [2.24, 2.45) is 5.92 Å². The maximum absolute atomic E-state index is 13.5. The molecule has 2 aliphatic rings. The summed E-state index contributed by atoms with van der Waals surface area (Å²) in [6.45, 7) is 2.47. The molecule has 3 atom stereocenters. The maximum atomic E-state index is 13.5. The SMILES string of the molecule is CNC(=O)[C@@H]1[C@@H](Cc2ccnc(C)c2)C(=O)N1C(=O)N1CCCCC1c1ccccc1. The molecule has 2 aliphatic heterocycles. The third kappa shape index (κ3) is 4.04. The summed E-state index contributed by atoms with van der Waals surface area (Å²) in [7, 11) is 1.54. The van der Waals surface area contributed by atoms with Gasteiger partial charge in [0.05, 0.1) is 12.0 Å². The number of aromatic nitrogens is 1. The number of carbonyl (C=O) groups excluding carboxylic acids is 3. The van der Waals surface area contributed by atoms with E-state index in [4.69, 9.17) is 0 Å². The van der Waals surface area contributed by atoms with Gasteiger partial charge < -0.3 is 10.2 Å². The Bertz CT molecular complexity index is 978. The van der Waals surface area contributed by atoms with Gasteiger partial charge in [-0.2, -0.15) is 0 Å². The first-order chi connectivity index (χ1) is 15.0. The molecule has 3 heterocycles. The zero-order valence-electron chi connectivity index (χ0n) is 18.0. The number of nitrogens with one attached hydrogen (secondary N) is 1. The minimum Gasteiger partial charge on any atom is -0.357 e. The third-order valence-electron chi connectivity index (χ3n) is 6.28. The topological polar surface area (TPSA) is 82.6 Å². The number of likely N-dealkylation sites (N-methyl/N-ethyl adjacent to an activating group) is 1. The summed E-state index contributed by atoms with van der Waals surface area (Å²) in [5.74, 6) is -1.15. The number of nitrogens with zero attached hydrogens (tertiary/aromatic N) is 3. The Hall–Kier alpha value is -3.22. The van der Waals surface area contributed by atoms with Crippen LogP contribution in [0, 0.1) is 12.8 Å². The van der Waals surface area contributed by atoms with Gasteiger partial charge in [0, 0.05) is 25.5 Å². The molecule has 0 aliphatic carbocycles. The molecular weight excluding hydrogens is 392 g/mol. The van der Waals surface area contributed by atoms with E-state index in [9.17, 15) is 14.4 Å². The minimum atomic E-state index is -0.795. The predicted molar refractivity (Wildman–Crippen MR) is 116 cm³/mol. The number of hydrogen-bond donors (Lipinski definition) is 1. The molecule has 7 nitrogen and oxygen atoms in total. The molecule has 1 aromatic heterocycles. The van der Waals surface area contributed by atoms with Crippen LogP contribution in [0.15, 0.2) is 48.7 Å². The van der Waals surface area contributed by atoms with Gasteiger partial charge in [-0.15, -0.1) is 0 Å². The van der Waals surface area contributed by atoms with Crippen LogP contribution in [0.3, 0.4) is 0 Å². The number of pyridine rings is 1. The van der Waals surface area contributed by atoms with Crippen LogP contribution < -0.4 is 5.32 Å². The maximum Gasteiger partial charge on any atom is 0.328 e. The van der Waals surface area contributed by atoms with Gasteiger partial charge in [-0.3, -0.25) is 19.5 Å². The van der Waals surface area contributed by atoms with Gasteiger partial charge >= 0.3 is 6.03 Å². The molecule has 2 fully saturated rings. The molecule has 0 radical (unpaired) electrons. The van der Waals surface area contributed by atoms with E-state index in [-0.39, 0.29) is 23.9 Å². The van der Waals surface area contributed by atoms with E-state index in [2.05, 4.69) is 10.3 Å². The van der Waals surface area contributed by atoms with Crippen LogP contribution in [0.2, 0.25) is 0 Å². The highest BCUT2D eigenvalue weighted by Crippen LogP contribution is 2.36. The van der Waals surface area contributed by atoms with Crippen molar-refractivity contribution in [3.05, 3.63) is 65.5 Å². The first-order valence-corrected chi connectivity index (χ1v) is 10.8. The van der Waals surface area contributed by atoms with Crippen LogP contribution in [0.5, 0.6) is 0 Å². The number of β-lactam (4-membered cyclic amide) rings is 1.